The predicted octanol–water partition coefficient (Wildman–Crippen LogP) is 7.01. The number of rotatable bonds is 6. The number of hydrogen-bond donors (Lipinski definition) is 0. The largest absolute Gasteiger partial charge is 0.469 e. The number of esters is 1. The van der Waals surface area contributed by atoms with Crippen LogP contribution in [0.15, 0.2) is 0 Å². The van der Waals surface area contributed by atoms with Crippen molar-refractivity contribution in [2.24, 2.45) is 34.0 Å². The van der Waals surface area contributed by atoms with Crippen LogP contribution in [0.4, 0.5) is 0 Å². The molecule has 4 fully saturated rings. The molecule has 0 saturated heterocycles. The molecule has 0 radical (unpaired) electrons. The molecule has 4 rings (SSSR count). The zero-order valence-corrected chi connectivity index (χ0v) is 24.9. The summed E-state index contributed by atoms with van der Waals surface area (Å²) in [6.45, 7) is 19.5. The predicted molar refractivity (Wildman–Crippen MR) is 139 cm³/mol. The van der Waals surface area contributed by atoms with Crippen molar-refractivity contribution in [1.29, 1.82) is 0 Å². The van der Waals surface area contributed by atoms with Crippen LogP contribution < -0.4 is 0 Å². The molecule has 0 heterocycles. The van der Waals surface area contributed by atoms with Crippen LogP contribution in [0.25, 0.3) is 0 Å². The molecule has 0 aromatic carbocycles. The Morgan fingerprint density at radius 3 is 2.21 bits per heavy atom. The minimum absolute atomic E-state index is 0.0226. The minimum Gasteiger partial charge on any atom is -0.469 e. The molecular formula is C27H50O4Si2. The number of carbonyl (C=O) groups is 1. The Hall–Kier alpha value is -0.176. The van der Waals surface area contributed by atoms with E-state index in [1.165, 1.54) is 38.5 Å². The van der Waals surface area contributed by atoms with Gasteiger partial charge in [0.15, 0.2) is 16.6 Å². The summed E-state index contributed by atoms with van der Waals surface area (Å²) in [4.78, 5) is 13.0. The van der Waals surface area contributed by atoms with Crippen LogP contribution in [0.5, 0.6) is 0 Å². The first kappa shape index (κ1) is 25.9. The highest BCUT2D eigenvalue weighted by Crippen LogP contribution is 2.73. The van der Waals surface area contributed by atoms with Crippen molar-refractivity contribution in [3.05, 3.63) is 0 Å². The van der Waals surface area contributed by atoms with Crippen molar-refractivity contribution in [2.45, 2.75) is 117 Å². The second-order valence-corrected chi connectivity index (χ2v) is 23.6. The first-order chi connectivity index (χ1) is 15.1. The Kier molecular flexibility index (Phi) is 6.42. The number of carbonyl (C=O) groups excluding carboxylic acids is 1. The topological polar surface area (TPSA) is 44.8 Å². The maximum Gasteiger partial charge on any atom is 0.311 e. The summed E-state index contributed by atoms with van der Waals surface area (Å²) in [6, 6.07) is 0. The third-order valence-corrected chi connectivity index (χ3v) is 12.2. The van der Waals surface area contributed by atoms with E-state index in [0.717, 1.165) is 25.9 Å². The van der Waals surface area contributed by atoms with E-state index in [0.29, 0.717) is 23.2 Å². The second-order valence-electron chi connectivity index (χ2n) is 14.6. The van der Waals surface area contributed by atoms with Gasteiger partial charge in [-0.1, -0.05) is 13.3 Å². The zero-order valence-electron chi connectivity index (χ0n) is 22.9. The Labute approximate surface area is 205 Å². The molecule has 33 heavy (non-hydrogen) atoms. The van der Waals surface area contributed by atoms with Crippen LogP contribution in [0.1, 0.15) is 71.6 Å². The number of ether oxygens (including phenoxy) is 1. The smallest absolute Gasteiger partial charge is 0.311 e. The average Bonchev–Trinajstić information content (AvgIpc) is 2.90. The lowest BCUT2D eigenvalue weighted by molar-refractivity contribution is -0.184. The zero-order chi connectivity index (χ0) is 24.5. The molecule has 0 aromatic rings. The molecule has 0 aromatic heterocycles. The Bertz CT molecular complexity index is 773. The highest BCUT2D eigenvalue weighted by atomic mass is 28.4. The van der Waals surface area contributed by atoms with Crippen LogP contribution in [0, 0.1) is 34.0 Å². The Balaban J connectivity index is 1.68. The first-order valence-corrected chi connectivity index (χ1v) is 20.3. The summed E-state index contributed by atoms with van der Waals surface area (Å²) in [6.07, 6.45) is 10.8. The van der Waals surface area contributed by atoms with E-state index in [1.54, 1.807) is 7.11 Å². The lowest BCUT2D eigenvalue weighted by Crippen LogP contribution is -2.58. The van der Waals surface area contributed by atoms with E-state index >= 15 is 0 Å². The lowest BCUT2D eigenvalue weighted by Gasteiger charge is -2.63. The van der Waals surface area contributed by atoms with Crippen molar-refractivity contribution >= 4 is 22.6 Å². The van der Waals surface area contributed by atoms with Gasteiger partial charge in [-0.2, -0.15) is 0 Å². The van der Waals surface area contributed by atoms with E-state index < -0.39 is 16.6 Å². The number of hydrogen-bond acceptors (Lipinski definition) is 4. The summed E-state index contributed by atoms with van der Waals surface area (Å²) in [5.74, 6) is 1.76. The molecule has 1 spiro atoms. The summed E-state index contributed by atoms with van der Waals surface area (Å²) in [7, 11) is -1.79. The van der Waals surface area contributed by atoms with Gasteiger partial charge in [0.1, 0.15) is 0 Å². The molecule has 0 amide bonds. The summed E-state index contributed by atoms with van der Waals surface area (Å²) in [5, 5.41) is 0. The van der Waals surface area contributed by atoms with Crippen LogP contribution in [-0.2, 0) is 18.4 Å². The monoisotopic (exact) mass is 494 g/mol. The summed E-state index contributed by atoms with van der Waals surface area (Å²) >= 11 is 0. The highest BCUT2D eigenvalue weighted by molar-refractivity contribution is 6.70. The van der Waals surface area contributed by atoms with Gasteiger partial charge in [-0.25, -0.2) is 0 Å². The summed E-state index contributed by atoms with van der Waals surface area (Å²) in [5.41, 5.74) is 0.138. The molecule has 190 valence electrons. The summed E-state index contributed by atoms with van der Waals surface area (Å²) < 4.78 is 19.2. The molecule has 4 nitrogen and oxygen atoms in total. The molecule has 7 atom stereocenters. The van der Waals surface area contributed by atoms with Crippen molar-refractivity contribution < 1.29 is 18.4 Å². The van der Waals surface area contributed by atoms with Crippen molar-refractivity contribution in [2.75, 3.05) is 13.7 Å². The van der Waals surface area contributed by atoms with Gasteiger partial charge in [-0.3, -0.25) is 4.79 Å². The standard InChI is InChI=1S/C27H50O4Si2/c1-24-14-10-15-25(2,23(28)29-3)21(24)13-16-26-17-20(11-12-22(24)26)27(18-26,31-33(7,8)9)19-30-32(4,5)6/h20-22H,10-19H2,1-9H3/t20-,21-,22-,24+,25+,26-,27-/m1/s1. The fraction of sp³-hybridized carbons (Fsp3) is 0.963. The normalized spacial score (nSPS) is 45.3. The molecule has 0 aliphatic heterocycles. The van der Waals surface area contributed by atoms with Gasteiger partial charge in [0.05, 0.1) is 24.7 Å². The second kappa shape index (κ2) is 8.17. The van der Waals surface area contributed by atoms with Crippen molar-refractivity contribution in [3.63, 3.8) is 0 Å². The molecule has 4 aliphatic rings. The van der Waals surface area contributed by atoms with Gasteiger partial charge in [0.2, 0.25) is 0 Å². The molecule has 0 N–H and O–H groups in total. The third-order valence-electron chi connectivity index (χ3n) is 10.2. The van der Waals surface area contributed by atoms with Gasteiger partial charge in [-0.15, -0.1) is 0 Å². The van der Waals surface area contributed by atoms with Crippen molar-refractivity contribution in [3.8, 4) is 0 Å². The lowest BCUT2D eigenvalue weighted by atomic mass is 9.41. The van der Waals surface area contributed by atoms with Gasteiger partial charge < -0.3 is 13.6 Å². The third kappa shape index (κ3) is 4.33. The van der Waals surface area contributed by atoms with Crippen LogP contribution in [-0.4, -0.2) is 41.9 Å². The molecule has 2 bridgehead atoms. The van der Waals surface area contributed by atoms with E-state index in [4.69, 9.17) is 13.6 Å². The molecule has 6 heteroatoms. The molecular weight excluding hydrogens is 444 g/mol. The average molecular weight is 495 g/mol. The maximum atomic E-state index is 13.0. The highest BCUT2D eigenvalue weighted by Gasteiger charge is 2.69. The van der Waals surface area contributed by atoms with E-state index in [1.807, 2.05) is 0 Å². The van der Waals surface area contributed by atoms with E-state index in [2.05, 4.69) is 53.1 Å². The van der Waals surface area contributed by atoms with Crippen molar-refractivity contribution in [1.82, 2.24) is 0 Å². The first-order valence-electron chi connectivity index (χ1n) is 13.5. The SMILES string of the molecule is COC(=O)[C@@]1(C)CCC[C@@]2(C)[C@H]1CC[C@]13C[C@@H](CC[C@@H]12)[C@@](CO[Si](C)(C)C)(O[Si](C)(C)C)C3. The fourth-order valence-corrected chi connectivity index (χ4v) is 11.5. The number of fused-ring (bicyclic) bond motifs is 3. The Morgan fingerprint density at radius 2 is 1.61 bits per heavy atom. The molecule has 4 aliphatic carbocycles. The fourth-order valence-electron chi connectivity index (χ4n) is 9.34. The van der Waals surface area contributed by atoms with E-state index in [-0.39, 0.29) is 22.4 Å². The van der Waals surface area contributed by atoms with Gasteiger partial charge in [-0.05, 0) is 126 Å². The van der Waals surface area contributed by atoms with Gasteiger partial charge >= 0.3 is 5.97 Å². The van der Waals surface area contributed by atoms with E-state index in [9.17, 15) is 4.79 Å². The molecule has 0 unspecified atom stereocenters. The minimum atomic E-state index is -1.73. The Morgan fingerprint density at radius 1 is 0.909 bits per heavy atom. The van der Waals surface area contributed by atoms with Crippen LogP contribution in [0.3, 0.4) is 0 Å². The maximum absolute atomic E-state index is 13.0. The molecule has 4 saturated carbocycles. The van der Waals surface area contributed by atoms with Crippen LogP contribution in [0.2, 0.25) is 39.3 Å². The van der Waals surface area contributed by atoms with Gasteiger partial charge in [0.25, 0.3) is 0 Å². The van der Waals surface area contributed by atoms with Crippen LogP contribution >= 0.6 is 0 Å². The quantitative estimate of drug-likeness (QED) is 0.294. The number of methoxy groups -OCH3 is 1. The van der Waals surface area contributed by atoms with Gasteiger partial charge in [0, 0.05) is 0 Å².